The Kier molecular flexibility index (Phi) is 5.41. The van der Waals surface area contributed by atoms with Gasteiger partial charge in [-0.15, -0.1) is 0 Å². The standard InChI is InChI=1S/C27H20FN3O4/c1-14-11-15(2)23(21(32)12-14)19-13-20(31-30-19)27(34)29-24-18-5-3-4-6-22(18)35-26(24)25(33)16-7-9-17(28)10-8-16/h3-13,32H,1-2H3,(H,29,34)(H,30,31). The van der Waals surface area contributed by atoms with Crippen molar-refractivity contribution in [1.29, 1.82) is 0 Å². The number of amides is 1. The molecule has 0 fully saturated rings. The van der Waals surface area contributed by atoms with Crippen LogP contribution in [0.1, 0.15) is 37.7 Å². The molecule has 0 saturated carbocycles. The molecule has 0 saturated heterocycles. The van der Waals surface area contributed by atoms with Gasteiger partial charge in [-0.25, -0.2) is 4.39 Å². The quantitative estimate of drug-likeness (QED) is 0.283. The van der Waals surface area contributed by atoms with Crippen LogP contribution >= 0.6 is 0 Å². The number of H-pyrrole nitrogens is 1. The van der Waals surface area contributed by atoms with E-state index in [4.69, 9.17) is 4.42 Å². The normalized spacial score (nSPS) is 11.1. The molecule has 2 heterocycles. The lowest BCUT2D eigenvalue weighted by molar-refractivity contribution is 0.101. The average Bonchev–Trinajstić information content (AvgIpc) is 3.44. The van der Waals surface area contributed by atoms with Crippen molar-refractivity contribution >= 4 is 28.3 Å². The summed E-state index contributed by atoms with van der Waals surface area (Å²) in [7, 11) is 0. The molecule has 0 bridgehead atoms. The van der Waals surface area contributed by atoms with Crippen LogP contribution in [0.15, 0.2) is 71.1 Å². The lowest BCUT2D eigenvalue weighted by Crippen LogP contribution is -2.14. The van der Waals surface area contributed by atoms with E-state index in [-0.39, 0.29) is 28.5 Å². The van der Waals surface area contributed by atoms with E-state index in [2.05, 4.69) is 15.5 Å². The van der Waals surface area contributed by atoms with Gasteiger partial charge in [0.1, 0.15) is 22.8 Å². The molecule has 0 aliphatic heterocycles. The summed E-state index contributed by atoms with van der Waals surface area (Å²) in [5.74, 6) is -1.52. The van der Waals surface area contributed by atoms with Crippen molar-refractivity contribution in [3.63, 3.8) is 0 Å². The number of nitrogens with zero attached hydrogens (tertiary/aromatic N) is 1. The first-order valence-electron chi connectivity index (χ1n) is 10.8. The molecule has 3 N–H and O–H groups in total. The van der Waals surface area contributed by atoms with Gasteiger partial charge in [-0.1, -0.05) is 18.2 Å². The molecule has 8 heteroatoms. The van der Waals surface area contributed by atoms with Gasteiger partial charge in [-0.2, -0.15) is 5.10 Å². The summed E-state index contributed by atoms with van der Waals surface area (Å²) < 4.78 is 19.1. The van der Waals surface area contributed by atoms with E-state index in [1.807, 2.05) is 19.9 Å². The zero-order chi connectivity index (χ0) is 24.7. The monoisotopic (exact) mass is 469 g/mol. The van der Waals surface area contributed by atoms with E-state index in [1.165, 1.54) is 30.3 Å². The van der Waals surface area contributed by atoms with Gasteiger partial charge in [0.15, 0.2) is 5.76 Å². The molecule has 35 heavy (non-hydrogen) atoms. The molecule has 2 aromatic heterocycles. The largest absolute Gasteiger partial charge is 0.507 e. The first kappa shape index (κ1) is 22.1. The fraction of sp³-hybridized carbons (Fsp3) is 0.0741. The van der Waals surface area contributed by atoms with Gasteiger partial charge < -0.3 is 14.8 Å². The first-order chi connectivity index (χ1) is 16.8. The number of hydrogen-bond acceptors (Lipinski definition) is 5. The Labute approximate surface area is 199 Å². The van der Waals surface area contributed by atoms with Crippen LogP contribution in [0.4, 0.5) is 10.1 Å². The number of anilines is 1. The molecular weight excluding hydrogens is 449 g/mol. The van der Waals surface area contributed by atoms with Gasteiger partial charge >= 0.3 is 0 Å². The number of ketones is 1. The topological polar surface area (TPSA) is 108 Å². The van der Waals surface area contributed by atoms with Crippen LogP contribution in [-0.2, 0) is 0 Å². The number of carbonyl (C=O) groups excluding carboxylic acids is 2. The second-order valence-electron chi connectivity index (χ2n) is 8.24. The number of aromatic hydroxyl groups is 1. The third kappa shape index (κ3) is 4.06. The number of aromatic amines is 1. The molecule has 0 atom stereocenters. The summed E-state index contributed by atoms with van der Waals surface area (Å²) in [5.41, 5.74) is 3.61. The predicted octanol–water partition coefficient (Wildman–Crippen LogP) is 5.77. The molecular formula is C27H20FN3O4. The number of nitrogens with one attached hydrogen (secondary N) is 2. The van der Waals surface area contributed by atoms with E-state index >= 15 is 0 Å². The third-order valence-electron chi connectivity index (χ3n) is 5.68. The molecule has 0 spiro atoms. The minimum atomic E-state index is -0.548. The Bertz CT molecular complexity index is 1580. The van der Waals surface area contributed by atoms with Crippen molar-refractivity contribution in [2.45, 2.75) is 13.8 Å². The molecule has 0 aliphatic rings. The van der Waals surface area contributed by atoms with Gasteiger partial charge in [0.2, 0.25) is 5.78 Å². The Morgan fingerprint density at radius 2 is 1.77 bits per heavy atom. The van der Waals surface area contributed by atoms with Crippen LogP contribution in [-0.4, -0.2) is 27.0 Å². The first-order valence-corrected chi connectivity index (χ1v) is 10.8. The average molecular weight is 469 g/mol. The summed E-state index contributed by atoms with van der Waals surface area (Å²) in [6.45, 7) is 3.72. The third-order valence-corrected chi connectivity index (χ3v) is 5.68. The predicted molar refractivity (Wildman–Crippen MR) is 129 cm³/mol. The number of benzene rings is 3. The summed E-state index contributed by atoms with van der Waals surface area (Å²) in [4.78, 5) is 26.3. The Balaban J connectivity index is 1.51. The molecule has 0 unspecified atom stereocenters. The number of aromatic nitrogens is 2. The smallest absolute Gasteiger partial charge is 0.273 e. The van der Waals surface area contributed by atoms with E-state index in [0.717, 1.165) is 11.1 Å². The number of hydrogen-bond donors (Lipinski definition) is 3. The van der Waals surface area contributed by atoms with Crippen LogP contribution < -0.4 is 5.32 Å². The minimum Gasteiger partial charge on any atom is -0.507 e. The van der Waals surface area contributed by atoms with Crippen LogP contribution in [0.3, 0.4) is 0 Å². The molecule has 174 valence electrons. The summed E-state index contributed by atoms with van der Waals surface area (Å²) in [5, 5.41) is 20.6. The number of phenols is 1. The molecule has 5 rings (SSSR count). The van der Waals surface area contributed by atoms with Crippen LogP contribution in [0.5, 0.6) is 5.75 Å². The number of fused-ring (bicyclic) bond motifs is 1. The van der Waals surface area contributed by atoms with Crippen molar-refractivity contribution < 1.29 is 23.5 Å². The molecule has 0 radical (unpaired) electrons. The molecule has 7 nitrogen and oxygen atoms in total. The van der Waals surface area contributed by atoms with E-state index in [0.29, 0.717) is 22.2 Å². The van der Waals surface area contributed by atoms with Gasteiger partial charge in [0, 0.05) is 16.5 Å². The summed E-state index contributed by atoms with van der Waals surface area (Å²) in [6, 6.07) is 17.1. The Morgan fingerprint density at radius 1 is 1.03 bits per heavy atom. The Hall–Kier alpha value is -4.72. The van der Waals surface area contributed by atoms with Crippen LogP contribution in [0.25, 0.3) is 22.2 Å². The molecule has 0 aliphatic carbocycles. The SMILES string of the molecule is Cc1cc(C)c(-c2cc(C(=O)Nc3c(C(=O)c4ccc(F)cc4)oc4ccccc34)[nH]n2)c(O)c1. The maximum Gasteiger partial charge on any atom is 0.273 e. The molecule has 1 amide bonds. The number of halogens is 1. The number of rotatable bonds is 5. The molecule has 3 aromatic carbocycles. The van der Waals surface area contributed by atoms with E-state index < -0.39 is 17.5 Å². The van der Waals surface area contributed by atoms with Crippen molar-refractivity contribution in [3.8, 4) is 17.0 Å². The lowest BCUT2D eigenvalue weighted by Gasteiger charge is -2.07. The van der Waals surface area contributed by atoms with Crippen LogP contribution in [0, 0.1) is 19.7 Å². The van der Waals surface area contributed by atoms with Gasteiger partial charge in [0.05, 0.1) is 11.4 Å². The summed E-state index contributed by atoms with van der Waals surface area (Å²) in [6.07, 6.45) is 0. The second-order valence-corrected chi connectivity index (χ2v) is 8.24. The van der Waals surface area contributed by atoms with Gasteiger partial charge in [-0.3, -0.25) is 14.7 Å². The van der Waals surface area contributed by atoms with Gasteiger partial charge in [0.25, 0.3) is 5.91 Å². The summed E-state index contributed by atoms with van der Waals surface area (Å²) >= 11 is 0. The number of para-hydroxylation sites is 1. The highest BCUT2D eigenvalue weighted by Gasteiger charge is 2.25. The Morgan fingerprint density at radius 3 is 2.51 bits per heavy atom. The van der Waals surface area contributed by atoms with Crippen molar-refractivity contribution in [2.75, 3.05) is 5.32 Å². The fourth-order valence-electron chi connectivity index (χ4n) is 4.09. The highest BCUT2D eigenvalue weighted by molar-refractivity contribution is 6.18. The molecule has 5 aromatic rings. The maximum atomic E-state index is 13.3. The second kappa shape index (κ2) is 8.57. The number of carbonyl (C=O) groups is 2. The zero-order valence-corrected chi connectivity index (χ0v) is 18.8. The zero-order valence-electron chi connectivity index (χ0n) is 18.8. The minimum absolute atomic E-state index is 0.0639. The fourth-order valence-corrected chi connectivity index (χ4v) is 4.09. The van der Waals surface area contributed by atoms with E-state index in [9.17, 15) is 19.1 Å². The van der Waals surface area contributed by atoms with Crippen LogP contribution in [0.2, 0.25) is 0 Å². The number of furan rings is 1. The van der Waals surface area contributed by atoms with E-state index in [1.54, 1.807) is 30.3 Å². The van der Waals surface area contributed by atoms with Crippen molar-refractivity contribution in [1.82, 2.24) is 10.2 Å². The number of aryl methyl sites for hydroxylation is 2. The maximum absolute atomic E-state index is 13.3. The highest BCUT2D eigenvalue weighted by atomic mass is 19.1. The highest BCUT2D eigenvalue weighted by Crippen LogP contribution is 2.34. The lowest BCUT2D eigenvalue weighted by atomic mass is 10.0. The van der Waals surface area contributed by atoms with Gasteiger partial charge in [-0.05, 0) is 73.5 Å². The van der Waals surface area contributed by atoms with Crippen molar-refractivity contribution in [3.05, 3.63) is 101 Å². The van der Waals surface area contributed by atoms with Crippen molar-refractivity contribution in [2.24, 2.45) is 0 Å². The number of phenolic OH excluding ortho intramolecular Hbond substituents is 1.